The number of hydrogen-bond donors (Lipinski definition) is 0. The lowest BCUT2D eigenvalue weighted by Crippen LogP contribution is -2.48. The first-order chi connectivity index (χ1) is 10.1. The zero-order valence-electron chi connectivity index (χ0n) is 12.2. The fourth-order valence-corrected chi connectivity index (χ4v) is 2.61. The van der Waals surface area contributed by atoms with Crippen molar-refractivity contribution < 1.29 is 14.5 Å². The monoisotopic (exact) mass is 292 g/mol. The minimum atomic E-state index is -0.399. The summed E-state index contributed by atoms with van der Waals surface area (Å²) in [5.41, 5.74) is 0.691. The molecule has 0 N–H and O–H groups in total. The fraction of sp³-hybridized carbons (Fsp3) is 0.533. The molecule has 0 bridgehead atoms. The maximum Gasteiger partial charge on any atom is 0.272 e. The van der Waals surface area contributed by atoms with Crippen LogP contribution in [0.1, 0.15) is 25.3 Å². The van der Waals surface area contributed by atoms with Crippen molar-refractivity contribution in [3.8, 4) is 0 Å². The number of para-hydroxylation sites is 1. The summed E-state index contributed by atoms with van der Waals surface area (Å²) >= 11 is 0. The van der Waals surface area contributed by atoms with Crippen molar-refractivity contribution in [2.45, 2.75) is 32.2 Å². The number of nitro benzene ring substituents is 1. The normalized spacial score (nSPS) is 18.5. The van der Waals surface area contributed by atoms with Crippen molar-refractivity contribution in [2.75, 3.05) is 19.8 Å². The Bertz CT molecular complexity index is 518. The van der Waals surface area contributed by atoms with Crippen LogP contribution in [0.5, 0.6) is 0 Å². The molecule has 1 atom stereocenters. The highest BCUT2D eigenvalue weighted by molar-refractivity contribution is 5.77. The highest BCUT2D eigenvalue weighted by Gasteiger charge is 2.26. The summed E-state index contributed by atoms with van der Waals surface area (Å²) < 4.78 is 5.38. The first kappa shape index (κ1) is 15.4. The van der Waals surface area contributed by atoms with Crippen LogP contribution in [-0.4, -0.2) is 41.5 Å². The van der Waals surface area contributed by atoms with E-state index >= 15 is 0 Å². The van der Waals surface area contributed by atoms with E-state index in [0.29, 0.717) is 38.2 Å². The molecular formula is C15H20N2O4. The Morgan fingerprint density at radius 1 is 1.48 bits per heavy atom. The van der Waals surface area contributed by atoms with Gasteiger partial charge in [0.25, 0.3) is 5.69 Å². The Balaban J connectivity index is 1.99. The van der Waals surface area contributed by atoms with Crippen molar-refractivity contribution >= 4 is 11.6 Å². The highest BCUT2D eigenvalue weighted by atomic mass is 16.6. The van der Waals surface area contributed by atoms with Crippen molar-refractivity contribution in [2.24, 2.45) is 0 Å². The SMILES string of the molecule is CC[C@H]1COCCN1C(=O)CCc1ccccc1[N+](=O)[O-]. The van der Waals surface area contributed by atoms with Gasteiger partial charge in [0.1, 0.15) is 0 Å². The molecule has 1 fully saturated rings. The second kappa shape index (κ2) is 7.17. The van der Waals surface area contributed by atoms with Crippen LogP contribution in [0.25, 0.3) is 0 Å². The molecular weight excluding hydrogens is 272 g/mol. The van der Waals surface area contributed by atoms with Gasteiger partial charge in [-0.05, 0) is 12.8 Å². The van der Waals surface area contributed by atoms with Gasteiger partial charge in [0, 0.05) is 24.6 Å². The van der Waals surface area contributed by atoms with Gasteiger partial charge in [-0.2, -0.15) is 0 Å². The summed E-state index contributed by atoms with van der Waals surface area (Å²) in [7, 11) is 0. The second-order valence-electron chi connectivity index (χ2n) is 5.11. The van der Waals surface area contributed by atoms with Gasteiger partial charge in [-0.1, -0.05) is 25.1 Å². The summed E-state index contributed by atoms with van der Waals surface area (Å²) in [6, 6.07) is 6.71. The summed E-state index contributed by atoms with van der Waals surface area (Å²) in [5, 5.41) is 11.0. The predicted molar refractivity (Wildman–Crippen MR) is 78.0 cm³/mol. The van der Waals surface area contributed by atoms with Gasteiger partial charge in [0.15, 0.2) is 0 Å². The molecule has 1 amide bonds. The predicted octanol–water partition coefficient (Wildman–Crippen LogP) is 2.16. The molecule has 21 heavy (non-hydrogen) atoms. The number of nitro groups is 1. The average Bonchev–Trinajstić information content (AvgIpc) is 2.52. The number of rotatable bonds is 5. The number of morpholine rings is 1. The molecule has 1 aliphatic heterocycles. The lowest BCUT2D eigenvalue weighted by molar-refractivity contribution is -0.385. The maximum absolute atomic E-state index is 12.3. The van der Waals surface area contributed by atoms with Crippen LogP contribution in [0.2, 0.25) is 0 Å². The van der Waals surface area contributed by atoms with E-state index in [1.54, 1.807) is 18.2 Å². The van der Waals surface area contributed by atoms with E-state index in [9.17, 15) is 14.9 Å². The molecule has 114 valence electrons. The molecule has 1 aliphatic rings. The van der Waals surface area contributed by atoms with Crippen LogP contribution in [-0.2, 0) is 16.0 Å². The Hall–Kier alpha value is -1.95. The van der Waals surface area contributed by atoms with Crippen LogP contribution >= 0.6 is 0 Å². The zero-order valence-corrected chi connectivity index (χ0v) is 12.2. The topological polar surface area (TPSA) is 72.7 Å². The largest absolute Gasteiger partial charge is 0.377 e. The minimum absolute atomic E-state index is 0.0447. The molecule has 0 aliphatic carbocycles. The molecule has 1 heterocycles. The molecule has 0 aromatic heterocycles. The van der Waals surface area contributed by atoms with E-state index in [1.807, 2.05) is 11.8 Å². The van der Waals surface area contributed by atoms with Crippen molar-refractivity contribution in [3.05, 3.63) is 39.9 Å². The molecule has 1 aromatic rings. The van der Waals surface area contributed by atoms with E-state index < -0.39 is 4.92 Å². The Morgan fingerprint density at radius 2 is 2.24 bits per heavy atom. The summed E-state index contributed by atoms with van der Waals surface area (Å²) in [5.74, 6) is 0.0447. The molecule has 1 saturated heterocycles. The molecule has 6 nitrogen and oxygen atoms in total. The van der Waals surface area contributed by atoms with Gasteiger partial charge in [-0.15, -0.1) is 0 Å². The van der Waals surface area contributed by atoms with Gasteiger partial charge < -0.3 is 9.64 Å². The van der Waals surface area contributed by atoms with Crippen molar-refractivity contribution in [1.82, 2.24) is 4.90 Å². The van der Waals surface area contributed by atoms with Crippen LogP contribution in [0.15, 0.2) is 24.3 Å². The van der Waals surface area contributed by atoms with Crippen LogP contribution in [0, 0.1) is 10.1 Å². The van der Waals surface area contributed by atoms with Gasteiger partial charge in [0.05, 0.1) is 24.2 Å². The van der Waals surface area contributed by atoms with E-state index in [4.69, 9.17) is 4.74 Å². The molecule has 1 aromatic carbocycles. The third-order valence-electron chi connectivity index (χ3n) is 3.82. The first-order valence-electron chi connectivity index (χ1n) is 7.23. The molecule has 0 spiro atoms. The van der Waals surface area contributed by atoms with Crippen LogP contribution in [0.4, 0.5) is 5.69 Å². The molecule has 6 heteroatoms. The van der Waals surface area contributed by atoms with E-state index in [-0.39, 0.29) is 17.6 Å². The summed E-state index contributed by atoms with van der Waals surface area (Å²) in [6.45, 7) is 3.78. The maximum atomic E-state index is 12.3. The highest BCUT2D eigenvalue weighted by Crippen LogP contribution is 2.20. The molecule has 0 unspecified atom stereocenters. The van der Waals surface area contributed by atoms with Gasteiger partial charge in [-0.3, -0.25) is 14.9 Å². The number of nitrogens with zero attached hydrogens (tertiary/aromatic N) is 2. The smallest absolute Gasteiger partial charge is 0.272 e. The zero-order chi connectivity index (χ0) is 15.2. The summed E-state index contributed by atoms with van der Waals surface area (Å²) in [6.07, 6.45) is 1.54. The number of amides is 1. The average molecular weight is 292 g/mol. The number of aryl methyl sites for hydroxylation is 1. The van der Waals surface area contributed by atoms with Gasteiger partial charge in [0.2, 0.25) is 5.91 Å². The lowest BCUT2D eigenvalue weighted by atomic mass is 10.1. The second-order valence-corrected chi connectivity index (χ2v) is 5.11. The number of ether oxygens (including phenoxy) is 1. The quantitative estimate of drug-likeness (QED) is 0.616. The van der Waals surface area contributed by atoms with E-state index in [2.05, 4.69) is 0 Å². The Labute approximate surface area is 123 Å². The Morgan fingerprint density at radius 3 is 2.95 bits per heavy atom. The van der Waals surface area contributed by atoms with Crippen LogP contribution in [0.3, 0.4) is 0 Å². The number of carbonyl (C=O) groups is 1. The minimum Gasteiger partial charge on any atom is -0.377 e. The van der Waals surface area contributed by atoms with Gasteiger partial charge >= 0.3 is 0 Å². The van der Waals surface area contributed by atoms with Crippen molar-refractivity contribution in [3.63, 3.8) is 0 Å². The van der Waals surface area contributed by atoms with Crippen LogP contribution < -0.4 is 0 Å². The number of hydrogen-bond acceptors (Lipinski definition) is 4. The Kier molecular flexibility index (Phi) is 5.27. The standard InChI is InChI=1S/C15H20N2O4/c1-2-13-11-21-10-9-16(13)15(18)8-7-12-5-3-4-6-14(12)17(19)20/h3-6,13H,2,7-11H2,1H3/t13-/m0/s1. The third kappa shape index (κ3) is 3.78. The first-order valence-corrected chi connectivity index (χ1v) is 7.23. The van der Waals surface area contributed by atoms with Gasteiger partial charge in [-0.25, -0.2) is 0 Å². The lowest BCUT2D eigenvalue weighted by Gasteiger charge is -2.35. The van der Waals surface area contributed by atoms with Crippen molar-refractivity contribution in [1.29, 1.82) is 0 Å². The fourth-order valence-electron chi connectivity index (χ4n) is 2.61. The van der Waals surface area contributed by atoms with E-state index in [1.165, 1.54) is 6.07 Å². The number of benzene rings is 1. The third-order valence-corrected chi connectivity index (χ3v) is 3.82. The summed E-state index contributed by atoms with van der Waals surface area (Å²) in [4.78, 5) is 24.7. The molecule has 0 radical (unpaired) electrons. The van der Waals surface area contributed by atoms with E-state index in [0.717, 1.165) is 6.42 Å². The molecule has 2 rings (SSSR count). The molecule has 0 saturated carbocycles. The number of carbonyl (C=O) groups excluding carboxylic acids is 1.